The molecule has 0 radical (unpaired) electrons. The lowest BCUT2D eigenvalue weighted by Crippen LogP contribution is -3.28. The third kappa shape index (κ3) is 4.99. The second-order valence-electron chi connectivity index (χ2n) is 6.29. The highest BCUT2D eigenvalue weighted by Gasteiger charge is 2.24. The highest BCUT2D eigenvalue weighted by atomic mass is 16.5. The third-order valence-corrected chi connectivity index (χ3v) is 4.45. The number of likely N-dealkylation sites (N-methyl/N-ethyl adjacent to an activating group) is 1. The minimum absolute atomic E-state index is 0.385. The maximum absolute atomic E-state index is 10.2. The molecule has 1 heterocycles. The van der Waals surface area contributed by atoms with Crippen LogP contribution in [0.1, 0.15) is 18.1 Å². The minimum atomic E-state index is -0.385. The molecule has 0 spiro atoms. The summed E-state index contributed by atoms with van der Waals surface area (Å²) >= 11 is 0. The molecule has 1 aliphatic rings. The van der Waals surface area contributed by atoms with Gasteiger partial charge in [-0.05, 0) is 32.4 Å². The van der Waals surface area contributed by atoms with Crippen LogP contribution in [-0.2, 0) is 0 Å². The molecule has 3 N–H and O–H groups in total. The van der Waals surface area contributed by atoms with Crippen LogP contribution in [0.25, 0.3) is 0 Å². The van der Waals surface area contributed by atoms with Crippen LogP contribution in [0.3, 0.4) is 0 Å². The number of nitrogens with one attached hydrogen (secondary N) is 2. The van der Waals surface area contributed by atoms with E-state index in [1.807, 2.05) is 19.1 Å². The molecule has 1 aromatic carbocycles. The number of hydrogen-bond donors (Lipinski definition) is 3. The summed E-state index contributed by atoms with van der Waals surface area (Å²) in [5.74, 6) is 0.884. The molecule has 118 valence electrons. The largest absolute Gasteiger partial charge is 0.490 e. The second kappa shape index (κ2) is 7.78. The number of aryl methyl sites for hydroxylation is 2. The van der Waals surface area contributed by atoms with Crippen molar-refractivity contribution in [1.82, 2.24) is 0 Å². The van der Waals surface area contributed by atoms with Crippen molar-refractivity contribution < 1.29 is 19.6 Å². The van der Waals surface area contributed by atoms with Gasteiger partial charge in [0.1, 0.15) is 51.2 Å². The van der Waals surface area contributed by atoms with Gasteiger partial charge in [-0.1, -0.05) is 17.7 Å². The predicted octanol–water partition coefficient (Wildman–Crippen LogP) is -1.15. The van der Waals surface area contributed by atoms with Crippen molar-refractivity contribution in [3.8, 4) is 5.75 Å². The highest BCUT2D eigenvalue weighted by molar-refractivity contribution is 5.35. The molecule has 0 aliphatic carbocycles. The van der Waals surface area contributed by atoms with Crippen LogP contribution in [-0.4, -0.2) is 57.1 Å². The Morgan fingerprint density at radius 2 is 1.81 bits per heavy atom. The van der Waals surface area contributed by atoms with E-state index in [1.165, 1.54) is 30.1 Å². The fourth-order valence-corrected chi connectivity index (χ4v) is 3.05. The molecule has 1 fully saturated rings. The Labute approximate surface area is 128 Å². The van der Waals surface area contributed by atoms with E-state index in [0.29, 0.717) is 6.61 Å². The van der Waals surface area contributed by atoms with Crippen LogP contribution in [0.15, 0.2) is 18.2 Å². The first-order valence-electron chi connectivity index (χ1n) is 8.13. The zero-order valence-electron chi connectivity index (χ0n) is 13.6. The van der Waals surface area contributed by atoms with E-state index in [0.717, 1.165) is 30.9 Å². The van der Waals surface area contributed by atoms with Crippen molar-refractivity contribution in [3.63, 3.8) is 0 Å². The minimum Gasteiger partial charge on any atom is -0.490 e. The normalized spacial score (nSPS) is 23.8. The lowest BCUT2D eigenvalue weighted by atomic mass is 10.1. The quantitative estimate of drug-likeness (QED) is 0.620. The van der Waals surface area contributed by atoms with Crippen molar-refractivity contribution in [2.75, 3.05) is 45.9 Å². The summed E-state index contributed by atoms with van der Waals surface area (Å²) in [5, 5.41) is 10.2. The molecule has 1 saturated heterocycles. The molecule has 0 bridgehead atoms. The SMILES string of the molecule is CC[NH+]1CC[NH+](C[C@@H](O)COc2ccc(C)cc2C)CC1. The van der Waals surface area contributed by atoms with E-state index in [-0.39, 0.29) is 6.10 Å². The molecule has 4 heteroatoms. The summed E-state index contributed by atoms with van der Waals surface area (Å²) in [4.78, 5) is 3.18. The van der Waals surface area contributed by atoms with Crippen molar-refractivity contribution in [2.24, 2.45) is 0 Å². The summed E-state index contributed by atoms with van der Waals surface area (Å²) in [6.07, 6.45) is -0.385. The van der Waals surface area contributed by atoms with Gasteiger partial charge in [-0.3, -0.25) is 0 Å². The van der Waals surface area contributed by atoms with Crippen LogP contribution >= 0.6 is 0 Å². The fraction of sp³-hybridized carbons (Fsp3) is 0.647. The van der Waals surface area contributed by atoms with Crippen LogP contribution < -0.4 is 14.5 Å². The number of quaternary nitrogens is 2. The van der Waals surface area contributed by atoms with E-state index < -0.39 is 0 Å². The van der Waals surface area contributed by atoms with Crippen molar-refractivity contribution >= 4 is 0 Å². The van der Waals surface area contributed by atoms with Gasteiger partial charge in [-0.15, -0.1) is 0 Å². The average molecular weight is 294 g/mol. The number of hydrogen-bond acceptors (Lipinski definition) is 2. The molecule has 4 nitrogen and oxygen atoms in total. The Morgan fingerprint density at radius 3 is 2.43 bits per heavy atom. The molecular formula is C17H30N2O2+2. The second-order valence-corrected chi connectivity index (χ2v) is 6.29. The third-order valence-electron chi connectivity index (χ3n) is 4.45. The summed E-state index contributed by atoms with van der Waals surface area (Å²) in [7, 11) is 0. The number of piperazine rings is 1. The molecule has 1 aromatic rings. The number of rotatable bonds is 6. The Bertz CT molecular complexity index is 442. The van der Waals surface area contributed by atoms with Gasteiger partial charge < -0.3 is 19.6 Å². The fourth-order valence-electron chi connectivity index (χ4n) is 3.05. The van der Waals surface area contributed by atoms with E-state index in [1.54, 1.807) is 4.90 Å². The number of aliphatic hydroxyl groups is 1. The molecule has 2 rings (SSSR count). The van der Waals surface area contributed by atoms with Gasteiger partial charge >= 0.3 is 0 Å². The van der Waals surface area contributed by atoms with Gasteiger partial charge in [-0.25, -0.2) is 0 Å². The van der Waals surface area contributed by atoms with Gasteiger partial charge in [0.05, 0.1) is 6.54 Å². The molecule has 0 amide bonds. The van der Waals surface area contributed by atoms with Gasteiger partial charge in [0, 0.05) is 0 Å². The first-order chi connectivity index (χ1) is 10.1. The predicted molar refractivity (Wildman–Crippen MR) is 84.2 cm³/mol. The summed E-state index contributed by atoms with van der Waals surface area (Å²) in [6, 6.07) is 6.15. The summed E-state index contributed by atoms with van der Waals surface area (Å²) < 4.78 is 5.77. The average Bonchev–Trinajstić information content (AvgIpc) is 2.47. The highest BCUT2D eigenvalue weighted by Crippen LogP contribution is 2.18. The number of benzene rings is 1. The van der Waals surface area contributed by atoms with E-state index in [9.17, 15) is 5.11 Å². The summed E-state index contributed by atoms with van der Waals surface area (Å²) in [5.41, 5.74) is 2.37. The Hall–Kier alpha value is -1.10. The van der Waals surface area contributed by atoms with E-state index in [4.69, 9.17) is 4.74 Å². The molecule has 1 atom stereocenters. The molecule has 1 aliphatic heterocycles. The van der Waals surface area contributed by atoms with Crippen molar-refractivity contribution in [3.05, 3.63) is 29.3 Å². The van der Waals surface area contributed by atoms with Gasteiger partial charge in [0.15, 0.2) is 0 Å². The van der Waals surface area contributed by atoms with Crippen LogP contribution in [0.4, 0.5) is 0 Å². The van der Waals surface area contributed by atoms with Crippen molar-refractivity contribution in [1.29, 1.82) is 0 Å². The Morgan fingerprint density at radius 1 is 1.14 bits per heavy atom. The molecule has 0 unspecified atom stereocenters. The molecular weight excluding hydrogens is 264 g/mol. The zero-order chi connectivity index (χ0) is 15.2. The monoisotopic (exact) mass is 294 g/mol. The first-order valence-corrected chi connectivity index (χ1v) is 8.13. The molecule has 0 saturated carbocycles. The zero-order valence-corrected chi connectivity index (χ0v) is 13.6. The first kappa shape index (κ1) is 16.3. The number of aliphatic hydroxyl groups excluding tert-OH is 1. The Kier molecular flexibility index (Phi) is 6.03. The maximum Gasteiger partial charge on any atom is 0.137 e. The van der Waals surface area contributed by atoms with Crippen LogP contribution in [0, 0.1) is 13.8 Å². The van der Waals surface area contributed by atoms with Gasteiger partial charge in [0.2, 0.25) is 0 Å². The van der Waals surface area contributed by atoms with Gasteiger partial charge in [-0.2, -0.15) is 0 Å². The maximum atomic E-state index is 10.2. The lowest BCUT2D eigenvalue weighted by Gasteiger charge is -2.30. The molecule has 21 heavy (non-hydrogen) atoms. The van der Waals surface area contributed by atoms with Crippen LogP contribution in [0.5, 0.6) is 5.75 Å². The smallest absolute Gasteiger partial charge is 0.137 e. The lowest BCUT2D eigenvalue weighted by molar-refractivity contribution is -1.01. The Balaban J connectivity index is 1.73. The number of ether oxygens (including phenoxy) is 1. The molecule has 0 aromatic heterocycles. The van der Waals surface area contributed by atoms with E-state index in [2.05, 4.69) is 19.9 Å². The van der Waals surface area contributed by atoms with E-state index >= 15 is 0 Å². The van der Waals surface area contributed by atoms with Crippen LogP contribution in [0.2, 0.25) is 0 Å². The standard InChI is InChI=1S/C17H28N2O2/c1-4-18-7-9-19(10-8-18)12-16(20)13-21-17-6-5-14(2)11-15(17)3/h5-6,11,16,20H,4,7-10,12-13H2,1-3H3/p+2/t16-/m1/s1. The summed E-state index contributed by atoms with van der Waals surface area (Å²) in [6.45, 7) is 13.5. The van der Waals surface area contributed by atoms with Crippen molar-refractivity contribution in [2.45, 2.75) is 26.9 Å². The van der Waals surface area contributed by atoms with Gasteiger partial charge in [0.25, 0.3) is 0 Å². The topological polar surface area (TPSA) is 38.3 Å².